The topological polar surface area (TPSA) is 71.9 Å². The summed E-state index contributed by atoms with van der Waals surface area (Å²) in [5, 5.41) is 12.2. The fourth-order valence-electron chi connectivity index (χ4n) is 4.73. The van der Waals surface area contributed by atoms with Gasteiger partial charge in [0.15, 0.2) is 0 Å². The molecule has 1 aromatic carbocycles. The molecule has 2 unspecified atom stereocenters. The van der Waals surface area contributed by atoms with Crippen molar-refractivity contribution in [2.75, 3.05) is 33.4 Å². The summed E-state index contributed by atoms with van der Waals surface area (Å²) in [6, 6.07) is 9.34. The van der Waals surface area contributed by atoms with Gasteiger partial charge in [-0.25, -0.2) is 4.98 Å². The van der Waals surface area contributed by atoms with E-state index in [4.69, 9.17) is 9.47 Å². The number of pyridine rings is 1. The zero-order valence-corrected chi connectivity index (χ0v) is 16.6. The SMILES string of the molecule is COc1cc(C(=O)N2CCC(O)(C3CCOCC3)C(C)C2)c2ccccc2n1. The molecule has 1 N–H and O–H groups in total. The predicted molar refractivity (Wildman–Crippen MR) is 106 cm³/mol. The molecule has 1 aromatic heterocycles. The monoisotopic (exact) mass is 384 g/mol. The van der Waals surface area contributed by atoms with Crippen molar-refractivity contribution in [1.82, 2.24) is 9.88 Å². The van der Waals surface area contributed by atoms with Gasteiger partial charge in [0.25, 0.3) is 5.91 Å². The molecule has 2 aliphatic heterocycles. The maximum Gasteiger partial charge on any atom is 0.254 e. The van der Waals surface area contributed by atoms with E-state index < -0.39 is 5.60 Å². The maximum absolute atomic E-state index is 13.4. The highest BCUT2D eigenvalue weighted by Crippen LogP contribution is 2.40. The number of piperidine rings is 1. The van der Waals surface area contributed by atoms with Gasteiger partial charge in [-0.3, -0.25) is 4.79 Å². The summed E-state index contributed by atoms with van der Waals surface area (Å²) in [5.41, 5.74) is 0.624. The van der Waals surface area contributed by atoms with Gasteiger partial charge < -0.3 is 19.5 Å². The Bertz CT molecular complexity index is 865. The third-order valence-electron chi connectivity index (χ3n) is 6.48. The van der Waals surface area contributed by atoms with Crippen molar-refractivity contribution in [2.24, 2.45) is 11.8 Å². The molecule has 0 bridgehead atoms. The number of aliphatic hydroxyl groups is 1. The van der Waals surface area contributed by atoms with Crippen LogP contribution in [0.25, 0.3) is 10.9 Å². The van der Waals surface area contributed by atoms with Crippen molar-refractivity contribution < 1.29 is 19.4 Å². The summed E-state index contributed by atoms with van der Waals surface area (Å²) in [4.78, 5) is 19.7. The molecular formula is C22H28N2O4. The van der Waals surface area contributed by atoms with Crippen molar-refractivity contribution in [1.29, 1.82) is 0 Å². The molecule has 0 radical (unpaired) electrons. The first-order valence-corrected chi connectivity index (χ1v) is 10.1. The lowest BCUT2D eigenvalue weighted by molar-refractivity contribution is -0.125. The summed E-state index contributed by atoms with van der Waals surface area (Å²) >= 11 is 0. The van der Waals surface area contributed by atoms with Crippen LogP contribution in [0.15, 0.2) is 30.3 Å². The summed E-state index contributed by atoms with van der Waals surface area (Å²) in [5.74, 6) is 0.669. The second kappa shape index (κ2) is 7.68. The number of rotatable bonds is 3. The highest BCUT2D eigenvalue weighted by atomic mass is 16.5. The Hall–Kier alpha value is -2.18. The van der Waals surface area contributed by atoms with E-state index in [1.807, 2.05) is 29.2 Å². The number of hydrogen-bond donors (Lipinski definition) is 1. The van der Waals surface area contributed by atoms with E-state index in [0.717, 1.165) is 23.7 Å². The van der Waals surface area contributed by atoms with Crippen LogP contribution >= 0.6 is 0 Å². The Morgan fingerprint density at radius 3 is 2.79 bits per heavy atom. The van der Waals surface area contributed by atoms with E-state index in [1.165, 1.54) is 0 Å². The molecule has 6 heteroatoms. The van der Waals surface area contributed by atoms with Crippen LogP contribution in [0.2, 0.25) is 0 Å². The van der Waals surface area contributed by atoms with Crippen molar-refractivity contribution >= 4 is 16.8 Å². The van der Waals surface area contributed by atoms with Gasteiger partial charge >= 0.3 is 0 Å². The molecule has 0 aliphatic carbocycles. The molecule has 3 heterocycles. The van der Waals surface area contributed by atoms with Crippen LogP contribution in [0.4, 0.5) is 0 Å². The largest absolute Gasteiger partial charge is 0.481 e. The number of aromatic nitrogens is 1. The molecule has 2 aromatic rings. The lowest BCUT2D eigenvalue weighted by Gasteiger charge is -2.48. The molecule has 1 amide bonds. The number of ether oxygens (including phenoxy) is 2. The van der Waals surface area contributed by atoms with Crippen molar-refractivity contribution in [2.45, 2.75) is 31.8 Å². The number of carbonyl (C=O) groups excluding carboxylic acids is 1. The number of nitrogens with zero attached hydrogens (tertiary/aromatic N) is 2. The lowest BCUT2D eigenvalue weighted by Crippen LogP contribution is -2.56. The number of methoxy groups -OCH3 is 1. The summed E-state index contributed by atoms with van der Waals surface area (Å²) < 4.78 is 10.8. The predicted octanol–water partition coefficient (Wildman–Crippen LogP) is 2.88. The highest BCUT2D eigenvalue weighted by Gasteiger charge is 2.46. The molecule has 0 saturated carbocycles. The number of amides is 1. The molecule has 2 fully saturated rings. The summed E-state index contributed by atoms with van der Waals surface area (Å²) in [7, 11) is 1.56. The molecule has 28 heavy (non-hydrogen) atoms. The number of carbonyl (C=O) groups is 1. The number of hydrogen-bond acceptors (Lipinski definition) is 5. The van der Waals surface area contributed by atoms with E-state index in [1.54, 1.807) is 13.2 Å². The summed E-state index contributed by atoms with van der Waals surface area (Å²) in [6.45, 7) is 4.58. The highest BCUT2D eigenvalue weighted by molar-refractivity contribution is 6.06. The number of benzene rings is 1. The Balaban J connectivity index is 1.58. The van der Waals surface area contributed by atoms with Crippen LogP contribution in [0.5, 0.6) is 5.88 Å². The Morgan fingerprint density at radius 2 is 2.07 bits per heavy atom. The fourth-order valence-corrected chi connectivity index (χ4v) is 4.73. The van der Waals surface area contributed by atoms with Crippen LogP contribution in [-0.2, 0) is 4.74 Å². The van der Waals surface area contributed by atoms with Gasteiger partial charge in [-0.1, -0.05) is 25.1 Å². The van der Waals surface area contributed by atoms with Crippen LogP contribution < -0.4 is 4.74 Å². The normalized spacial score (nSPS) is 26.4. The van der Waals surface area contributed by atoms with E-state index in [2.05, 4.69) is 11.9 Å². The first-order chi connectivity index (χ1) is 13.5. The first kappa shape index (κ1) is 19.2. The van der Waals surface area contributed by atoms with E-state index in [9.17, 15) is 9.90 Å². The third kappa shape index (κ3) is 3.35. The zero-order chi connectivity index (χ0) is 19.7. The number of likely N-dealkylation sites (tertiary alicyclic amines) is 1. The molecular weight excluding hydrogens is 356 g/mol. The number of para-hydroxylation sites is 1. The minimum Gasteiger partial charge on any atom is -0.481 e. The molecule has 2 atom stereocenters. The average molecular weight is 384 g/mol. The Morgan fingerprint density at radius 1 is 1.32 bits per heavy atom. The minimum atomic E-state index is -0.724. The summed E-state index contributed by atoms with van der Waals surface area (Å²) in [6.07, 6.45) is 2.38. The molecule has 4 rings (SSSR count). The Kier molecular flexibility index (Phi) is 5.25. The van der Waals surface area contributed by atoms with E-state index in [0.29, 0.717) is 44.2 Å². The van der Waals surface area contributed by atoms with Gasteiger partial charge in [0.05, 0.1) is 23.8 Å². The quantitative estimate of drug-likeness (QED) is 0.881. The standard InChI is InChI=1S/C22H28N2O4/c1-15-14-24(10-9-22(15,26)16-7-11-28-12-8-16)21(25)18-13-20(27-2)23-19-6-4-3-5-17(18)19/h3-6,13,15-16,26H,7-12,14H2,1-2H3. The average Bonchev–Trinajstić information content (AvgIpc) is 2.75. The van der Waals surface area contributed by atoms with Gasteiger partial charge in [0, 0.05) is 43.7 Å². The van der Waals surface area contributed by atoms with E-state index >= 15 is 0 Å². The molecule has 150 valence electrons. The Labute approximate surface area is 165 Å². The molecule has 2 saturated heterocycles. The minimum absolute atomic E-state index is 0.0169. The van der Waals surface area contributed by atoms with Gasteiger partial charge in [0.1, 0.15) is 0 Å². The zero-order valence-electron chi connectivity index (χ0n) is 16.6. The van der Waals surface area contributed by atoms with Crippen molar-refractivity contribution in [3.63, 3.8) is 0 Å². The van der Waals surface area contributed by atoms with Crippen molar-refractivity contribution in [3.05, 3.63) is 35.9 Å². The van der Waals surface area contributed by atoms with Gasteiger partial charge in [-0.2, -0.15) is 0 Å². The van der Waals surface area contributed by atoms with Crippen LogP contribution in [0.3, 0.4) is 0 Å². The van der Waals surface area contributed by atoms with Crippen LogP contribution in [0, 0.1) is 11.8 Å². The van der Waals surface area contributed by atoms with Crippen LogP contribution in [-0.4, -0.2) is 59.9 Å². The second-order valence-corrected chi connectivity index (χ2v) is 8.01. The lowest BCUT2D eigenvalue weighted by atomic mass is 9.70. The molecule has 6 nitrogen and oxygen atoms in total. The maximum atomic E-state index is 13.4. The third-order valence-corrected chi connectivity index (χ3v) is 6.48. The molecule has 0 spiro atoms. The van der Waals surface area contributed by atoms with Crippen molar-refractivity contribution in [3.8, 4) is 5.88 Å². The first-order valence-electron chi connectivity index (χ1n) is 10.1. The smallest absolute Gasteiger partial charge is 0.254 e. The second-order valence-electron chi connectivity index (χ2n) is 8.01. The van der Waals surface area contributed by atoms with E-state index in [-0.39, 0.29) is 17.7 Å². The number of fused-ring (bicyclic) bond motifs is 1. The van der Waals surface area contributed by atoms with Crippen LogP contribution in [0.1, 0.15) is 36.5 Å². The molecule has 2 aliphatic rings. The van der Waals surface area contributed by atoms with Gasteiger partial charge in [0.2, 0.25) is 5.88 Å². The fraction of sp³-hybridized carbons (Fsp3) is 0.545. The van der Waals surface area contributed by atoms with Gasteiger partial charge in [-0.15, -0.1) is 0 Å². The van der Waals surface area contributed by atoms with Gasteiger partial charge in [-0.05, 0) is 31.2 Å².